The van der Waals surface area contributed by atoms with Gasteiger partial charge in [-0.1, -0.05) is 12.1 Å². The van der Waals surface area contributed by atoms with Gasteiger partial charge >= 0.3 is 0 Å². The van der Waals surface area contributed by atoms with E-state index in [1.54, 1.807) is 6.26 Å². The van der Waals surface area contributed by atoms with E-state index in [1.807, 2.05) is 36.4 Å². The highest BCUT2D eigenvalue weighted by atomic mass is 79.9. The smallest absolute Gasteiger partial charge is 0.238 e. The number of hydrogen-bond acceptors (Lipinski definition) is 3. The second-order valence-electron chi connectivity index (χ2n) is 4.03. The molecule has 0 aliphatic carbocycles. The van der Waals surface area contributed by atoms with Crippen molar-refractivity contribution in [3.8, 4) is 0 Å². The first kappa shape index (κ1) is 13.8. The van der Waals surface area contributed by atoms with Crippen LogP contribution in [0, 0.1) is 0 Å². The van der Waals surface area contributed by atoms with Crippen molar-refractivity contribution < 1.29 is 9.21 Å². The molecule has 1 heterocycles. The molecule has 0 fully saturated rings. The molecule has 1 amide bonds. The molecule has 0 saturated carbocycles. The van der Waals surface area contributed by atoms with Crippen molar-refractivity contribution in [2.75, 3.05) is 18.4 Å². The topological polar surface area (TPSA) is 54.3 Å². The van der Waals surface area contributed by atoms with Crippen molar-refractivity contribution in [3.63, 3.8) is 0 Å². The van der Waals surface area contributed by atoms with Crippen LogP contribution in [0.15, 0.2) is 51.6 Å². The lowest BCUT2D eigenvalue weighted by Gasteiger charge is -2.07. The van der Waals surface area contributed by atoms with Crippen LogP contribution >= 0.6 is 15.9 Å². The standard InChI is InChI=1S/C14H15BrN2O2/c15-12-5-1-2-6-13(12)17-14(18)10-16-8-7-11-4-3-9-19-11/h1-6,9,16H,7-8,10H2,(H,17,18). The van der Waals surface area contributed by atoms with E-state index in [0.717, 1.165) is 22.3 Å². The minimum absolute atomic E-state index is 0.0636. The summed E-state index contributed by atoms with van der Waals surface area (Å²) in [7, 11) is 0. The maximum absolute atomic E-state index is 11.7. The fourth-order valence-corrected chi connectivity index (χ4v) is 2.01. The van der Waals surface area contributed by atoms with Gasteiger partial charge in [0.25, 0.3) is 0 Å². The second-order valence-corrected chi connectivity index (χ2v) is 4.89. The maximum atomic E-state index is 11.7. The molecular formula is C14H15BrN2O2. The Kier molecular flexibility index (Phi) is 5.18. The van der Waals surface area contributed by atoms with Crippen molar-refractivity contribution in [2.24, 2.45) is 0 Å². The van der Waals surface area contributed by atoms with Gasteiger partial charge in [0.15, 0.2) is 0 Å². The van der Waals surface area contributed by atoms with Gasteiger partial charge in [0.1, 0.15) is 5.76 Å². The highest BCUT2D eigenvalue weighted by Gasteiger charge is 2.04. The van der Waals surface area contributed by atoms with Crippen LogP contribution in [-0.2, 0) is 11.2 Å². The molecule has 19 heavy (non-hydrogen) atoms. The van der Waals surface area contributed by atoms with Gasteiger partial charge in [-0.25, -0.2) is 0 Å². The van der Waals surface area contributed by atoms with Crippen LogP contribution in [0.25, 0.3) is 0 Å². The maximum Gasteiger partial charge on any atom is 0.238 e. The average Bonchev–Trinajstić information content (AvgIpc) is 2.91. The van der Waals surface area contributed by atoms with E-state index in [0.29, 0.717) is 6.54 Å². The first-order chi connectivity index (χ1) is 9.25. The fraction of sp³-hybridized carbons (Fsp3) is 0.214. The second kappa shape index (κ2) is 7.11. The fourth-order valence-electron chi connectivity index (χ4n) is 1.63. The van der Waals surface area contributed by atoms with E-state index >= 15 is 0 Å². The molecule has 0 aliphatic heterocycles. The molecule has 2 N–H and O–H groups in total. The Morgan fingerprint density at radius 3 is 2.79 bits per heavy atom. The number of carbonyl (C=O) groups is 1. The van der Waals surface area contributed by atoms with Gasteiger partial charge in [0, 0.05) is 17.4 Å². The van der Waals surface area contributed by atoms with Crippen LogP contribution in [0.1, 0.15) is 5.76 Å². The highest BCUT2D eigenvalue weighted by Crippen LogP contribution is 2.20. The zero-order valence-electron chi connectivity index (χ0n) is 10.4. The van der Waals surface area contributed by atoms with Crippen LogP contribution in [0.3, 0.4) is 0 Å². The van der Waals surface area contributed by atoms with Crippen LogP contribution in [0.4, 0.5) is 5.69 Å². The van der Waals surface area contributed by atoms with Crippen LogP contribution < -0.4 is 10.6 Å². The third kappa shape index (κ3) is 4.54. The lowest BCUT2D eigenvalue weighted by atomic mass is 10.3. The van der Waals surface area contributed by atoms with Gasteiger partial charge < -0.3 is 15.1 Å². The van der Waals surface area contributed by atoms with Crippen LogP contribution in [0.5, 0.6) is 0 Å². The van der Waals surface area contributed by atoms with Crippen molar-refractivity contribution in [3.05, 3.63) is 52.9 Å². The third-order valence-electron chi connectivity index (χ3n) is 2.56. The molecule has 4 nitrogen and oxygen atoms in total. The highest BCUT2D eigenvalue weighted by molar-refractivity contribution is 9.10. The Morgan fingerprint density at radius 1 is 1.21 bits per heavy atom. The Morgan fingerprint density at radius 2 is 2.05 bits per heavy atom. The molecule has 0 spiro atoms. The molecule has 2 rings (SSSR count). The Bertz CT molecular complexity index is 526. The Hall–Kier alpha value is -1.59. The largest absolute Gasteiger partial charge is 0.469 e. The minimum atomic E-state index is -0.0636. The number of anilines is 1. The number of hydrogen-bond donors (Lipinski definition) is 2. The molecule has 1 aromatic heterocycles. The lowest BCUT2D eigenvalue weighted by Crippen LogP contribution is -2.29. The normalized spacial score (nSPS) is 10.4. The van der Waals surface area contributed by atoms with Gasteiger partial charge in [-0.2, -0.15) is 0 Å². The van der Waals surface area contributed by atoms with E-state index in [2.05, 4.69) is 26.6 Å². The number of rotatable bonds is 6. The van der Waals surface area contributed by atoms with Gasteiger partial charge in [0.05, 0.1) is 18.5 Å². The Balaban J connectivity index is 1.69. The summed E-state index contributed by atoms with van der Waals surface area (Å²) >= 11 is 3.39. The number of nitrogens with one attached hydrogen (secondary N) is 2. The van der Waals surface area contributed by atoms with Crippen molar-refractivity contribution in [1.82, 2.24) is 5.32 Å². The first-order valence-electron chi connectivity index (χ1n) is 6.03. The number of amides is 1. The van der Waals surface area contributed by atoms with Crippen molar-refractivity contribution in [1.29, 1.82) is 0 Å². The predicted octanol–water partition coefficient (Wildman–Crippen LogP) is 2.81. The molecule has 5 heteroatoms. The van der Waals surface area contributed by atoms with E-state index in [1.165, 1.54) is 0 Å². The number of furan rings is 1. The minimum Gasteiger partial charge on any atom is -0.469 e. The SMILES string of the molecule is O=C(CNCCc1ccco1)Nc1ccccc1Br. The van der Waals surface area contributed by atoms with Crippen LogP contribution in [-0.4, -0.2) is 19.0 Å². The van der Waals surface area contributed by atoms with Gasteiger partial charge in [-0.15, -0.1) is 0 Å². The zero-order valence-corrected chi connectivity index (χ0v) is 11.9. The predicted molar refractivity (Wildman–Crippen MR) is 78.1 cm³/mol. The molecule has 0 unspecified atom stereocenters. The third-order valence-corrected chi connectivity index (χ3v) is 3.25. The molecule has 100 valence electrons. The molecule has 0 aliphatic rings. The molecule has 0 atom stereocenters. The number of carbonyl (C=O) groups excluding carboxylic acids is 1. The zero-order chi connectivity index (χ0) is 13.5. The van der Waals surface area contributed by atoms with Crippen molar-refractivity contribution in [2.45, 2.75) is 6.42 Å². The Labute approximate surface area is 120 Å². The van der Waals surface area contributed by atoms with Crippen molar-refractivity contribution >= 4 is 27.5 Å². The summed E-state index contributed by atoms with van der Waals surface area (Å²) in [5.41, 5.74) is 0.778. The molecule has 0 saturated heterocycles. The lowest BCUT2D eigenvalue weighted by molar-refractivity contribution is -0.115. The first-order valence-corrected chi connectivity index (χ1v) is 6.82. The summed E-state index contributed by atoms with van der Waals surface area (Å²) in [6, 6.07) is 11.3. The average molecular weight is 323 g/mol. The van der Waals surface area contributed by atoms with Crippen LogP contribution in [0.2, 0.25) is 0 Å². The molecular weight excluding hydrogens is 308 g/mol. The van der Waals surface area contributed by atoms with E-state index < -0.39 is 0 Å². The summed E-state index contributed by atoms with van der Waals surface area (Å²) in [5, 5.41) is 5.91. The molecule has 0 bridgehead atoms. The summed E-state index contributed by atoms with van der Waals surface area (Å²) in [6.45, 7) is 0.985. The van der Waals surface area contributed by atoms with E-state index in [9.17, 15) is 4.79 Å². The molecule has 1 aromatic carbocycles. The van der Waals surface area contributed by atoms with E-state index in [4.69, 9.17) is 4.42 Å². The summed E-state index contributed by atoms with van der Waals surface area (Å²) < 4.78 is 6.08. The van der Waals surface area contributed by atoms with Gasteiger partial charge in [0.2, 0.25) is 5.91 Å². The molecule has 0 radical (unpaired) electrons. The van der Waals surface area contributed by atoms with Gasteiger partial charge in [-0.05, 0) is 40.2 Å². The molecule has 2 aromatic rings. The number of benzene rings is 1. The monoisotopic (exact) mass is 322 g/mol. The summed E-state index contributed by atoms with van der Waals surface area (Å²) in [4.78, 5) is 11.7. The summed E-state index contributed by atoms with van der Waals surface area (Å²) in [6.07, 6.45) is 2.42. The van der Waals surface area contributed by atoms with E-state index in [-0.39, 0.29) is 12.5 Å². The quantitative estimate of drug-likeness (QED) is 0.804. The summed E-state index contributed by atoms with van der Waals surface area (Å²) in [5.74, 6) is 0.852. The number of halogens is 1. The number of para-hydroxylation sites is 1. The van der Waals surface area contributed by atoms with Gasteiger partial charge in [-0.3, -0.25) is 4.79 Å².